The first kappa shape index (κ1) is 22.9. The molecule has 0 N–H and O–H groups in total. The second-order valence-electron chi connectivity index (χ2n) is 5.28. The van der Waals surface area contributed by atoms with E-state index in [1.54, 1.807) is 0 Å². The van der Waals surface area contributed by atoms with E-state index in [0.717, 1.165) is 12.1 Å². The van der Waals surface area contributed by atoms with Gasteiger partial charge in [0.25, 0.3) is 0 Å². The van der Waals surface area contributed by atoms with E-state index in [0.29, 0.717) is 0 Å². The van der Waals surface area contributed by atoms with Crippen LogP contribution in [-0.4, -0.2) is 12.8 Å². The van der Waals surface area contributed by atoms with Crippen molar-refractivity contribution in [2.24, 2.45) is 0 Å². The molecule has 28 heavy (non-hydrogen) atoms. The average molecular weight is 544 g/mol. The number of alkyl halides is 4. The van der Waals surface area contributed by atoms with Crippen LogP contribution in [0.1, 0.15) is 18.9 Å². The van der Waals surface area contributed by atoms with Gasteiger partial charge in [-0.15, -0.1) is 0 Å². The zero-order valence-electron chi connectivity index (χ0n) is 14.0. The van der Waals surface area contributed by atoms with Crippen molar-refractivity contribution in [1.82, 2.24) is 0 Å². The Morgan fingerprint density at radius 1 is 0.929 bits per heavy atom. The molecule has 0 aliphatic rings. The summed E-state index contributed by atoms with van der Waals surface area (Å²) >= 11 is -4.00. The summed E-state index contributed by atoms with van der Waals surface area (Å²) in [5.74, 6) is -9.87. The Labute approximate surface area is 163 Å². The van der Waals surface area contributed by atoms with Crippen LogP contribution in [0.15, 0.2) is 35.2 Å². The maximum absolute atomic E-state index is 14.3. The van der Waals surface area contributed by atoms with Gasteiger partial charge in [-0.05, 0) is 0 Å². The van der Waals surface area contributed by atoms with Crippen LogP contribution in [0, 0.1) is 26.8 Å². The van der Waals surface area contributed by atoms with Crippen LogP contribution in [0.2, 0.25) is 0 Å². The van der Waals surface area contributed by atoms with Crippen LogP contribution in [0.4, 0.5) is 30.7 Å². The molecule has 0 saturated heterocycles. The standard InChI is InChI=1S/C16H12F7IO3S/c1-2-8-24(27-28(25,26)9-6-4-3-5-7-9)15-13(19)11(17)10(16(21,22)23)12(18)14(15)20/h3-7H,2,8H2,1H3. The number of rotatable bonds is 6. The number of hydrogen-bond acceptors (Lipinski definition) is 3. The predicted molar refractivity (Wildman–Crippen MR) is 93.9 cm³/mol. The van der Waals surface area contributed by atoms with E-state index in [9.17, 15) is 39.2 Å². The predicted octanol–water partition coefficient (Wildman–Crippen LogP) is 5.67. The van der Waals surface area contributed by atoms with Gasteiger partial charge in [0.2, 0.25) is 0 Å². The van der Waals surface area contributed by atoms with Gasteiger partial charge in [-0.2, -0.15) is 0 Å². The van der Waals surface area contributed by atoms with E-state index in [1.165, 1.54) is 25.1 Å². The Morgan fingerprint density at radius 3 is 1.86 bits per heavy atom. The first-order chi connectivity index (χ1) is 12.9. The molecule has 0 aromatic heterocycles. The summed E-state index contributed by atoms with van der Waals surface area (Å²) in [4.78, 5) is -0.373. The first-order valence-electron chi connectivity index (χ1n) is 7.51. The molecule has 0 unspecified atom stereocenters. The van der Waals surface area contributed by atoms with Crippen molar-refractivity contribution in [2.75, 3.05) is 4.43 Å². The molecule has 156 valence electrons. The van der Waals surface area contributed by atoms with E-state index in [4.69, 9.17) is 2.51 Å². The minimum absolute atomic E-state index is 0.109. The van der Waals surface area contributed by atoms with Gasteiger partial charge in [-0.1, -0.05) is 0 Å². The zero-order chi connectivity index (χ0) is 21.3. The van der Waals surface area contributed by atoms with Crippen LogP contribution in [0.3, 0.4) is 0 Å². The van der Waals surface area contributed by atoms with E-state index in [2.05, 4.69) is 0 Å². The third-order valence-corrected chi connectivity index (χ3v) is 11.4. The molecule has 0 aliphatic carbocycles. The van der Waals surface area contributed by atoms with E-state index in [1.807, 2.05) is 0 Å². The van der Waals surface area contributed by atoms with Crippen LogP contribution in [0.25, 0.3) is 0 Å². The third-order valence-electron chi connectivity index (χ3n) is 3.26. The van der Waals surface area contributed by atoms with Crippen molar-refractivity contribution in [3.63, 3.8) is 0 Å². The van der Waals surface area contributed by atoms with Crippen molar-refractivity contribution in [3.8, 4) is 0 Å². The molecule has 2 aromatic rings. The minimum atomic E-state index is -5.69. The average Bonchev–Trinajstić information content (AvgIpc) is 2.60. The molecule has 0 aliphatic heterocycles. The van der Waals surface area contributed by atoms with E-state index in [-0.39, 0.29) is 15.7 Å². The SMILES string of the molecule is CCCI(OS(=O)(=O)c1ccccc1)c1c(F)c(F)c(C(F)(F)F)c(F)c1F. The number of benzene rings is 2. The van der Waals surface area contributed by atoms with E-state index >= 15 is 0 Å². The molecular weight excluding hydrogens is 532 g/mol. The number of halogens is 8. The molecule has 0 amide bonds. The molecule has 0 spiro atoms. The van der Waals surface area contributed by atoms with Gasteiger partial charge >= 0.3 is 164 Å². The summed E-state index contributed by atoms with van der Waals surface area (Å²) in [5.41, 5.74) is -2.72. The fourth-order valence-electron chi connectivity index (χ4n) is 2.09. The monoisotopic (exact) mass is 544 g/mol. The van der Waals surface area contributed by atoms with Gasteiger partial charge in [0.15, 0.2) is 0 Å². The maximum atomic E-state index is 14.3. The fraction of sp³-hybridized carbons (Fsp3) is 0.250. The van der Waals surface area contributed by atoms with Crippen LogP contribution < -0.4 is 0 Å². The van der Waals surface area contributed by atoms with Crippen molar-refractivity contribution in [1.29, 1.82) is 0 Å². The molecule has 0 saturated carbocycles. The molecule has 0 atom stereocenters. The number of hydrogen-bond donors (Lipinski definition) is 0. The summed E-state index contributed by atoms with van der Waals surface area (Å²) in [6.45, 7) is 1.48. The van der Waals surface area contributed by atoms with Crippen LogP contribution >= 0.6 is 20.2 Å². The molecule has 12 heteroatoms. The summed E-state index contributed by atoms with van der Waals surface area (Å²) in [7, 11) is -4.56. The van der Waals surface area contributed by atoms with Gasteiger partial charge in [-0.3, -0.25) is 0 Å². The molecule has 0 fully saturated rings. The van der Waals surface area contributed by atoms with E-state index < -0.39 is 68.9 Å². The van der Waals surface area contributed by atoms with Crippen LogP contribution in [0.5, 0.6) is 0 Å². The molecule has 2 rings (SSSR count). The molecule has 2 aromatic carbocycles. The van der Waals surface area contributed by atoms with Crippen molar-refractivity contribution >= 4 is 30.4 Å². The molecule has 0 heterocycles. The summed E-state index contributed by atoms with van der Waals surface area (Å²) in [6, 6.07) is 6.41. The molecule has 0 bridgehead atoms. The summed E-state index contributed by atoms with van der Waals surface area (Å²) < 4.78 is 122. The Hall–Kier alpha value is -1.41. The van der Waals surface area contributed by atoms with Crippen LogP contribution in [-0.2, 0) is 18.8 Å². The third kappa shape index (κ3) is 4.59. The Balaban J connectivity index is 2.62. The quantitative estimate of drug-likeness (QED) is 0.155. The Kier molecular flexibility index (Phi) is 6.97. The van der Waals surface area contributed by atoms with Gasteiger partial charge in [0.1, 0.15) is 0 Å². The van der Waals surface area contributed by atoms with Gasteiger partial charge in [0.05, 0.1) is 0 Å². The normalized spacial score (nSPS) is 12.9. The molecule has 3 nitrogen and oxygen atoms in total. The Morgan fingerprint density at radius 2 is 1.43 bits per heavy atom. The van der Waals surface area contributed by atoms with Crippen molar-refractivity contribution < 1.29 is 41.7 Å². The Bertz CT molecular complexity index is 933. The molecule has 0 radical (unpaired) electrons. The van der Waals surface area contributed by atoms with Gasteiger partial charge < -0.3 is 0 Å². The topological polar surface area (TPSA) is 43.4 Å². The second kappa shape index (κ2) is 8.53. The summed E-state index contributed by atoms with van der Waals surface area (Å²) in [6.07, 6.45) is -5.58. The second-order valence-corrected chi connectivity index (χ2v) is 11.8. The zero-order valence-corrected chi connectivity index (χ0v) is 16.9. The molecular formula is C16H12F7IO3S. The van der Waals surface area contributed by atoms with Gasteiger partial charge in [0, 0.05) is 0 Å². The van der Waals surface area contributed by atoms with Crippen molar-refractivity contribution in [3.05, 3.63) is 62.7 Å². The fourth-order valence-corrected chi connectivity index (χ4v) is 9.45. The summed E-state index contributed by atoms with van der Waals surface area (Å²) in [5, 5.41) is 0. The van der Waals surface area contributed by atoms with Crippen molar-refractivity contribution in [2.45, 2.75) is 24.4 Å². The first-order valence-corrected chi connectivity index (χ1v) is 12.4. The van der Waals surface area contributed by atoms with Gasteiger partial charge in [-0.25, -0.2) is 0 Å².